The quantitative estimate of drug-likeness (QED) is 0.0213. The van der Waals surface area contributed by atoms with Crippen LogP contribution < -0.4 is 5.32 Å². The summed E-state index contributed by atoms with van der Waals surface area (Å²) in [6.45, 7) is -2.15. The van der Waals surface area contributed by atoms with Crippen LogP contribution in [0, 0.1) is 0 Å². The predicted octanol–water partition coefficient (Wildman–Crippen LogP) is -3.51. The molecule has 3 fully saturated rings. The van der Waals surface area contributed by atoms with Crippen LogP contribution in [0.25, 0.3) is 0 Å². The third-order valence-electron chi connectivity index (χ3n) is 9.20. The zero-order valence-electron chi connectivity index (χ0n) is 28.3. The Hall–Kier alpha value is -1.50. The number of nitrogens with zero attached hydrogens (tertiary/aromatic N) is 1. The van der Waals surface area contributed by atoms with Gasteiger partial charge in [-0.25, -0.2) is 0 Å². The van der Waals surface area contributed by atoms with Gasteiger partial charge in [-0.05, 0) is 25.3 Å². The summed E-state index contributed by atoms with van der Waals surface area (Å²) in [5.74, 6) is 1.17. The fourth-order valence-corrected chi connectivity index (χ4v) is 9.02. The second kappa shape index (κ2) is 21.0. The zero-order chi connectivity index (χ0) is 37.9. The molecule has 0 amide bonds. The highest BCUT2D eigenvalue weighted by Gasteiger charge is 2.51. The highest BCUT2D eigenvalue weighted by molar-refractivity contribution is 8.77. The van der Waals surface area contributed by atoms with Gasteiger partial charge in [0.1, 0.15) is 67.1 Å². The van der Waals surface area contributed by atoms with Crippen molar-refractivity contribution in [2.75, 3.05) is 44.0 Å². The van der Waals surface area contributed by atoms with Crippen LogP contribution in [0.15, 0.2) is 24.3 Å². The smallest absolute Gasteiger partial charge is 0.394 e. The Labute approximate surface area is 308 Å². The molecule has 1 aromatic rings. The lowest BCUT2D eigenvalue weighted by Crippen LogP contribution is -2.65. The van der Waals surface area contributed by atoms with Crippen LogP contribution in [-0.4, -0.2) is 197 Å². The first-order valence-electron chi connectivity index (χ1n) is 17.1. The van der Waals surface area contributed by atoms with Crippen molar-refractivity contribution < 1.29 is 84.5 Å². The molecule has 3 aliphatic heterocycles. The first-order valence-corrected chi connectivity index (χ1v) is 19.5. The van der Waals surface area contributed by atoms with E-state index in [0.29, 0.717) is 23.2 Å². The largest absolute Gasteiger partial charge is 0.430 e. The van der Waals surface area contributed by atoms with Gasteiger partial charge in [0, 0.05) is 41.8 Å². The van der Waals surface area contributed by atoms with Gasteiger partial charge in [0.05, 0.1) is 25.9 Å². The fraction of sp³-hybridized carbons (Fsp3) is 0.781. The van der Waals surface area contributed by atoms with Crippen LogP contribution in [0.1, 0.15) is 25.7 Å². The monoisotopic (exact) mass is 783 g/mol. The van der Waals surface area contributed by atoms with E-state index in [2.05, 4.69) is 5.32 Å². The Kier molecular flexibility index (Phi) is 17.4. The minimum absolute atomic E-state index is 0.269. The maximum Gasteiger partial charge on any atom is 0.430 e. The van der Waals surface area contributed by atoms with Crippen molar-refractivity contribution in [3.63, 3.8) is 0 Å². The molecule has 18 nitrogen and oxygen atoms in total. The molecule has 0 spiro atoms. The van der Waals surface area contributed by atoms with Crippen LogP contribution in [0.2, 0.25) is 0 Å². The Bertz CT molecular complexity index is 1280. The SMILES string of the molecule is O=C=[N+](CCCCC1CCSS1)c1cccc(NCC(O)C(O)C(O)C(O)COC2OC(CO)C(O)C(OC3OC(CO)C(O)C(O)C3O)C2O)c1. The van der Waals surface area contributed by atoms with Crippen LogP contribution in [-0.2, 0) is 23.7 Å². The third-order valence-corrected chi connectivity index (χ3v) is 12.2. The Morgan fingerprint density at radius 1 is 0.885 bits per heavy atom. The lowest BCUT2D eigenvalue weighted by atomic mass is 9.97. The number of carbonyl (C=O) groups excluding carboxylic acids is 1. The van der Waals surface area contributed by atoms with Gasteiger partial charge >= 0.3 is 6.08 Å². The molecule has 15 atom stereocenters. The summed E-state index contributed by atoms with van der Waals surface area (Å²) in [6.07, 6.45) is -18.3. The summed E-state index contributed by atoms with van der Waals surface area (Å²) in [7, 11) is 3.81. The number of hydrogen-bond donors (Lipinski definition) is 12. The zero-order valence-corrected chi connectivity index (χ0v) is 29.9. The fourth-order valence-electron chi connectivity index (χ4n) is 5.99. The van der Waals surface area contributed by atoms with Gasteiger partial charge in [0.15, 0.2) is 19.1 Å². The molecule has 0 saturated carbocycles. The topological polar surface area (TPSA) is 292 Å². The van der Waals surface area contributed by atoms with Gasteiger partial charge in [-0.15, -0.1) is 4.58 Å². The molecule has 0 bridgehead atoms. The highest BCUT2D eigenvalue weighted by atomic mass is 33.1. The molecule has 1 aromatic carbocycles. The molecule has 296 valence electrons. The van der Waals surface area contributed by atoms with Gasteiger partial charge in [-0.1, -0.05) is 27.7 Å². The van der Waals surface area contributed by atoms with Crippen molar-refractivity contribution in [1.29, 1.82) is 0 Å². The van der Waals surface area contributed by atoms with Crippen molar-refractivity contribution >= 4 is 39.0 Å². The van der Waals surface area contributed by atoms with Gasteiger partial charge in [0.2, 0.25) is 5.69 Å². The maximum absolute atomic E-state index is 11.7. The standard InChI is InChI=1S/C32H51N2O16S2/c35-12-21-25(42)27(44)28(45)32(49-21)50-30-26(43)22(13-36)48-31(29(30)46)47-14-20(39)24(41)23(40)19(38)11-33-16-4-3-5-17(10-16)34(15-37)8-2-1-6-18-7-9-51-52-18/h3-5,10,18-33,35-36,38-46H,1-2,6-9,11-14H2/q+1. The van der Waals surface area contributed by atoms with Crippen LogP contribution in [0.4, 0.5) is 11.4 Å². The summed E-state index contributed by atoms with van der Waals surface area (Å²) in [6, 6.07) is 6.80. The van der Waals surface area contributed by atoms with Gasteiger partial charge in [-0.3, -0.25) is 0 Å². The molecule has 20 heteroatoms. The molecule has 15 unspecified atom stereocenters. The number of ether oxygens (including phenoxy) is 4. The Balaban J connectivity index is 1.26. The molecular weight excluding hydrogens is 732 g/mol. The van der Waals surface area contributed by atoms with E-state index in [0.717, 1.165) is 19.3 Å². The first-order chi connectivity index (χ1) is 24.9. The number of aliphatic hydroxyl groups excluding tert-OH is 11. The van der Waals surface area contributed by atoms with Crippen molar-refractivity contribution in [2.24, 2.45) is 0 Å². The molecule has 52 heavy (non-hydrogen) atoms. The second-order valence-corrected chi connectivity index (χ2v) is 15.7. The summed E-state index contributed by atoms with van der Waals surface area (Å²) >= 11 is 0. The maximum atomic E-state index is 11.7. The molecule has 0 radical (unpaired) electrons. The van der Waals surface area contributed by atoms with Crippen molar-refractivity contribution in [2.45, 2.75) is 117 Å². The van der Waals surface area contributed by atoms with E-state index in [9.17, 15) is 61.0 Å². The van der Waals surface area contributed by atoms with Gasteiger partial charge in [-0.2, -0.15) is 4.79 Å². The van der Waals surface area contributed by atoms with E-state index < -0.39 is 106 Å². The summed E-state index contributed by atoms with van der Waals surface area (Å²) in [5, 5.41) is 117. The van der Waals surface area contributed by atoms with Crippen molar-refractivity contribution in [1.82, 2.24) is 0 Å². The molecule has 12 N–H and O–H groups in total. The van der Waals surface area contributed by atoms with Gasteiger partial charge < -0.3 is 80.4 Å². The molecule has 4 rings (SSSR count). The molecule has 3 saturated heterocycles. The number of nitrogens with one attached hydrogen (secondary N) is 1. The molecule has 0 aromatic heterocycles. The number of unbranched alkanes of at least 4 members (excludes halogenated alkanes) is 1. The van der Waals surface area contributed by atoms with Crippen LogP contribution >= 0.6 is 21.6 Å². The van der Waals surface area contributed by atoms with E-state index in [-0.39, 0.29) is 6.54 Å². The third kappa shape index (κ3) is 11.3. The molecule has 3 heterocycles. The number of benzene rings is 1. The Morgan fingerprint density at radius 2 is 1.58 bits per heavy atom. The summed E-state index contributed by atoms with van der Waals surface area (Å²) in [4.78, 5) is 11.7. The van der Waals surface area contributed by atoms with Crippen molar-refractivity contribution in [3.8, 4) is 0 Å². The normalized spacial score (nSPS) is 34.6. The number of aliphatic hydroxyl groups is 11. The number of isocyanates is 1. The average Bonchev–Trinajstić information content (AvgIpc) is 3.68. The minimum atomic E-state index is -1.97. The van der Waals surface area contributed by atoms with E-state index >= 15 is 0 Å². The summed E-state index contributed by atoms with van der Waals surface area (Å²) < 4.78 is 23.0. The van der Waals surface area contributed by atoms with E-state index in [1.165, 1.54) is 16.7 Å². The molecule has 3 aliphatic rings. The number of rotatable bonds is 19. The summed E-state index contributed by atoms with van der Waals surface area (Å²) in [5.41, 5.74) is 1.09. The number of hydrogen-bond acceptors (Lipinski definition) is 19. The Morgan fingerprint density at radius 3 is 2.25 bits per heavy atom. The lowest BCUT2D eigenvalue weighted by Gasteiger charge is -2.46. The van der Waals surface area contributed by atoms with Crippen LogP contribution in [0.5, 0.6) is 0 Å². The van der Waals surface area contributed by atoms with E-state index in [4.69, 9.17) is 18.9 Å². The number of anilines is 1. The van der Waals surface area contributed by atoms with Crippen molar-refractivity contribution in [3.05, 3.63) is 24.3 Å². The molecule has 0 aliphatic carbocycles. The minimum Gasteiger partial charge on any atom is -0.394 e. The average molecular weight is 784 g/mol. The van der Waals surface area contributed by atoms with Gasteiger partial charge in [0.25, 0.3) is 0 Å². The van der Waals surface area contributed by atoms with Crippen LogP contribution in [0.3, 0.4) is 0 Å². The van der Waals surface area contributed by atoms with E-state index in [1.54, 1.807) is 24.3 Å². The highest BCUT2D eigenvalue weighted by Crippen LogP contribution is 2.40. The second-order valence-electron chi connectivity index (χ2n) is 13.0. The van der Waals surface area contributed by atoms with E-state index in [1.807, 2.05) is 27.7 Å². The first kappa shape index (κ1) is 43.2. The molecular formula is C32H51N2O16S2+. The predicted molar refractivity (Wildman–Crippen MR) is 184 cm³/mol. The lowest BCUT2D eigenvalue weighted by molar-refractivity contribution is -0.438.